The average Bonchev–Trinajstić information content (AvgIpc) is 3.26. The number of benzene rings is 1. The Labute approximate surface area is 250 Å². The third-order valence-corrected chi connectivity index (χ3v) is 11.1. The number of amides is 1. The molecule has 11 nitrogen and oxygen atoms in total. The molecule has 0 unspecified atom stereocenters. The number of oxime groups is 1. The molecule has 43 heavy (non-hydrogen) atoms. The normalized spacial score (nSPS) is 35.3. The number of nitro benzene ring substituents is 1. The molecule has 0 aliphatic heterocycles. The van der Waals surface area contributed by atoms with Crippen molar-refractivity contribution >= 4 is 23.3 Å². The number of aliphatic hydroxyl groups excluding tert-OH is 1. The number of aliphatic carboxylic acids is 1. The van der Waals surface area contributed by atoms with Crippen LogP contribution in [-0.4, -0.2) is 56.1 Å². The smallest absolute Gasteiger partial charge is 0.329 e. The second-order valence-electron chi connectivity index (χ2n) is 13.0. The number of nitrogens with one attached hydrogen (secondary N) is 1. The van der Waals surface area contributed by atoms with Crippen molar-refractivity contribution in [2.45, 2.75) is 83.0 Å². The van der Waals surface area contributed by atoms with Crippen LogP contribution in [0.1, 0.15) is 76.9 Å². The topological polar surface area (TPSA) is 172 Å². The van der Waals surface area contributed by atoms with Crippen molar-refractivity contribution in [3.05, 3.63) is 51.6 Å². The molecule has 0 heterocycles. The molecule has 4 aliphatic rings. The van der Waals surface area contributed by atoms with Gasteiger partial charge in [-0.05, 0) is 86.2 Å². The van der Waals surface area contributed by atoms with E-state index in [9.17, 15) is 35.0 Å². The van der Waals surface area contributed by atoms with Crippen molar-refractivity contribution in [3.63, 3.8) is 0 Å². The number of allylic oxidation sites excluding steroid dienone is 2. The maximum absolute atomic E-state index is 12.5. The Morgan fingerprint density at radius 3 is 2.65 bits per heavy atom. The molecule has 5 rings (SSSR count). The van der Waals surface area contributed by atoms with Crippen LogP contribution in [-0.2, 0) is 14.4 Å². The van der Waals surface area contributed by atoms with Gasteiger partial charge in [-0.1, -0.05) is 42.6 Å². The summed E-state index contributed by atoms with van der Waals surface area (Å²) in [5.41, 5.74) is 0.464. The third kappa shape index (κ3) is 5.31. The van der Waals surface area contributed by atoms with Gasteiger partial charge in [0.2, 0.25) is 0 Å². The zero-order valence-corrected chi connectivity index (χ0v) is 24.5. The minimum atomic E-state index is -1.74. The SMILES string of the molecule is C#C[C@]1(O)CC[C@H]2[C@@H]3CCC4=C/C(=N\OCC(=O)N[C@H](C(=O)O)[C@H](O)c5cccc([N+](=O)[O-])c5)CC[C@]4(C)[C@H]3CC[C@@]21C. The average molecular weight is 594 g/mol. The fourth-order valence-corrected chi connectivity index (χ4v) is 8.58. The van der Waals surface area contributed by atoms with E-state index in [2.05, 4.69) is 36.3 Å². The number of carbonyl (C=O) groups excluding carboxylic acids is 1. The quantitative estimate of drug-likeness (QED) is 0.200. The van der Waals surface area contributed by atoms with Gasteiger partial charge in [0.15, 0.2) is 12.6 Å². The van der Waals surface area contributed by atoms with Gasteiger partial charge < -0.3 is 25.5 Å². The van der Waals surface area contributed by atoms with Crippen molar-refractivity contribution in [1.82, 2.24) is 5.32 Å². The van der Waals surface area contributed by atoms with Crippen LogP contribution in [0.25, 0.3) is 0 Å². The first kappa shape index (κ1) is 30.7. The van der Waals surface area contributed by atoms with Gasteiger partial charge in [0.05, 0.1) is 10.6 Å². The van der Waals surface area contributed by atoms with E-state index in [0.717, 1.165) is 44.6 Å². The lowest BCUT2D eigenvalue weighted by molar-refractivity contribution is -0.385. The summed E-state index contributed by atoms with van der Waals surface area (Å²) in [4.78, 5) is 39.9. The summed E-state index contributed by atoms with van der Waals surface area (Å²) in [6.45, 7) is 3.96. The van der Waals surface area contributed by atoms with Crippen LogP contribution in [0.4, 0.5) is 5.69 Å². The van der Waals surface area contributed by atoms with Crippen LogP contribution in [0.2, 0.25) is 0 Å². The van der Waals surface area contributed by atoms with Crippen LogP contribution in [0.3, 0.4) is 0 Å². The maximum Gasteiger partial charge on any atom is 0.329 e. The van der Waals surface area contributed by atoms with E-state index in [1.807, 2.05) is 0 Å². The number of nitro groups is 1. The standard InChI is InChI=1S/C32H39N3O8/c1-4-32(40)15-12-25-23-9-8-20-17-21(10-13-30(20,2)24(23)11-14-31(25,32)3)34-43-18-26(36)33-27(29(38)39)28(37)19-6-5-7-22(16-19)35(41)42/h1,5-7,16-17,23-25,27-28,37,40H,8-15,18H2,2-3H3,(H,33,36)(H,38,39)/b34-21-/t23-,24+,25+,27+,28-,30+,31+,32+/m1/s1. The lowest BCUT2D eigenvalue weighted by Crippen LogP contribution is -2.54. The molecule has 0 radical (unpaired) electrons. The van der Waals surface area contributed by atoms with Crippen molar-refractivity contribution < 1.29 is 34.7 Å². The molecule has 0 spiro atoms. The number of carboxylic acid groups (broad SMARTS) is 1. The van der Waals surface area contributed by atoms with Crippen LogP contribution in [0, 0.1) is 51.0 Å². The molecule has 1 amide bonds. The minimum Gasteiger partial charge on any atom is -0.480 e. The number of rotatable bonds is 8. The highest BCUT2D eigenvalue weighted by Gasteiger charge is 2.63. The van der Waals surface area contributed by atoms with E-state index in [0.29, 0.717) is 36.3 Å². The number of fused-ring (bicyclic) bond motifs is 5. The van der Waals surface area contributed by atoms with Gasteiger partial charge in [0, 0.05) is 17.5 Å². The summed E-state index contributed by atoms with van der Waals surface area (Å²) in [6.07, 6.45) is 13.2. The second kappa shape index (κ2) is 11.4. The third-order valence-electron chi connectivity index (χ3n) is 11.1. The Bertz CT molecular complexity index is 1420. The van der Waals surface area contributed by atoms with Crippen LogP contribution in [0.5, 0.6) is 0 Å². The van der Waals surface area contributed by atoms with Crippen LogP contribution in [0.15, 0.2) is 41.1 Å². The largest absolute Gasteiger partial charge is 0.480 e. The lowest BCUT2D eigenvalue weighted by atomic mass is 9.46. The zero-order valence-electron chi connectivity index (χ0n) is 24.5. The Balaban J connectivity index is 1.21. The first-order chi connectivity index (χ1) is 20.3. The van der Waals surface area contributed by atoms with E-state index in [1.165, 1.54) is 23.8 Å². The molecular weight excluding hydrogens is 554 g/mol. The van der Waals surface area contributed by atoms with Crippen molar-refractivity contribution in [2.75, 3.05) is 6.61 Å². The minimum absolute atomic E-state index is 0.0167. The Morgan fingerprint density at radius 2 is 1.95 bits per heavy atom. The van der Waals surface area contributed by atoms with Gasteiger partial charge in [-0.2, -0.15) is 0 Å². The molecule has 0 bridgehead atoms. The van der Waals surface area contributed by atoms with E-state index in [-0.39, 0.29) is 22.1 Å². The molecule has 0 saturated heterocycles. The molecule has 230 valence electrons. The zero-order chi connectivity index (χ0) is 31.2. The van der Waals surface area contributed by atoms with Gasteiger partial charge in [0.25, 0.3) is 11.6 Å². The van der Waals surface area contributed by atoms with E-state index >= 15 is 0 Å². The number of hydrogen-bond acceptors (Lipinski definition) is 8. The molecule has 0 aromatic heterocycles. The number of non-ortho nitro benzene ring substituents is 1. The highest BCUT2D eigenvalue weighted by molar-refractivity contribution is 5.96. The van der Waals surface area contributed by atoms with Crippen molar-refractivity contribution in [2.24, 2.45) is 33.7 Å². The number of nitrogens with zero attached hydrogens (tertiary/aromatic N) is 2. The highest BCUT2D eigenvalue weighted by Crippen LogP contribution is 2.67. The molecule has 8 atom stereocenters. The van der Waals surface area contributed by atoms with Crippen molar-refractivity contribution in [1.29, 1.82) is 0 Å². The maximum atomic E-state index is 12.5. The Kier molecular flexibility index (Phi) is 8.13. The number of carboxylic acids is 1. The molecule has 3 fully saturated rings. The number of hydrogen-bond donors (Lipinski definition) is 4. The highest BCUT2D eigenvalue weighted by atomic mass is 16.6. The predicted octanol–water partition coefficient (Wildman–Crippen LogP) is 3.90. The summed E-state index contributed by atoms with van der Waals surface area (Å²) in [6, 6.07) is 3.20. The predicted molar refractivity (Wildman–Crippen MR) is 156 cm³/mol. The van der Waals surface area contributed by atoms with Gasteiger partial charge in [-0.25, -0.2) is 4.79 Å². The molecule has 1 aromatic carbocycles. The second-order valence-corrected chi connectivity index (χ2v) is 13.0. The fourth-order valence-electron chi connectivity index (χ4n) is 8.58. The fraction of sp³-hybridized carbons (Fsp3) is 0.594. The Hall–Kier alpha value is -3.75. The van der Waals surface area contributed by atoms with E-state index < -0.39 is 41.2 Å². The molecule has 11 heteroatoms. The van der Waals surface area contributed by atoms with Gasteiger partial charge >= 0.3 is 5.97 Å². The first-order valence-corrected chi connectivity index (χ1v) is 14.9. The Morgan fingerprint density at radius 1 is 1.21 bits per heavy atom. The summed E-state index contributed by atoms with van der Waals surface area (Å²) in [7, 11) is 0. The summed E-state index contributed by atoms with van der Waals surface area (Å²) >= 11 is 0. The molecule has 4 aliphatic carbocycles. The first-order valence-electron chi connectivity index (χ1n) is 14.9. The van der Waals surface area contributed by atoms with E-state index in [1.54, 1.807) is 0 Å². The van der Waals surface area contributed by atoms with Crippen LogP contribution >= 0.6 is 0 Å². The molecule has 4 N–H and O–H groups in total. The molecular formula is C32H39N3O8. The van der Waals surface area contributed by atoms with Crippen molar-refractivity contribution in [3.8, 4) is 12.3 Å². The number of carbonyl (C=O) groups is 2. The van der Waals surface area contributed by atoms with Gasteiger partial charge in [-0.15, -0.1) is 6.42 Å². The van der Waals surface area contributed by atoms with Crippen LogP contribution < -0.4 is 5.32 Å². The molecule has 1 aromatic rings. The lowest BCUT2D eigenvalue weighted by Gasteiger charge is -2.58. The van der Waals surface area contributed by atoms with E-state index in [4.69, 9.17) is 11.3 Å². The summed E-state index contributed by atoms with van der Waals surface area (Å²) in [5.74, 6) is 1.85. The molecule has 3 saturated carbocycles. The number of aliphatic hydroxyl groups is 2. The number of terminal acetylenes is 1. The van der Waals surface area contributed by atoms with Gasteiger partial charge in [0.1, 0.15) is 11.7 Å². The summed E-state index contributed by atoms with van der Waals surface area (Å²) in [5, 5.41) is 48.7. The van der Waals surface area contributed by atoms with Gasteiger partial charge in [-0.3, -0.25) is 14.9 Å². The monoisotopic (exact) mass is 593 g/mol. The summed E-state index contributed by atoms with van der Waals surface area (Å²) < 4.78 is 0.